The maximum absolute atomic E-state index is 6.48. The molecule has 0 saturated heterocycles. The Labute approximate surface area is 176 Å². The number of ether oxygens (including phenoxy) is 1. The molecule has 4 aromatic rings. The third-order valence-electron chi connectivity index (χ3n) is 5.87. The summed E-state index contributed by atoms with van der Waals surface area (Å²) in [6.45, 7) is 0. The second-order valence-electron chi connectivity index (χ2n) is 7.22. The highest BCUT2D eigenvalue weighted by molar-refractivity contribution is 9.10. The molecule has 1 nitrogen and oxygen atoms in total. The van der Waals surface area contributed by atoms with Gasteiger partial charge in [0.25, 0.3) is 0 Å². The van der Waals surface area contributed by atoms with Crippen molar-refractivity contribution < 1.29 is 4.74 Å². The Morgan fingerprint density at radius 1 is 0.643 bits per heavy atom. The summed E-state index contributed by atoms with van der Waals surface area (Å²) in [6.07, 6.45) is 0. The molecule has 1 aliphatic carbocycles. The van der Waals surface area contributed by atoms with Crippen LogP contribution in [-0.4, -0.2) is 0 Å². The second-order valence-corrected chi connectivity index (χ2v) is 8.58. The lowest BCUT2D eigenvalue weighted by molar-refractivity contribution is 0.436. The molecule has 0 bridgehead atoms. The van der Waals surface area contributed by atoms with Gasteiger partial charge in [0, 0.05) is 20.6 Å². The number of halogens is 2. The van der Waals surface area contributed by atoms with Crippen LogP contribution in [0.3, 0.4) is 0 Å². The Morgan fingerprint density at radius 2 is 1.32 bits per heavy atom. The van der Waals surface area contributed by atoms with E-state index in [2.05, 4.69) is 88.7 Å². The third kappa shape index (κ3) is 1.97. The van der Waals surface area contributed by atoms with E-state index in [0.717, 1.165) is 27.1 Å². The Hall–Kier alpha value is -2.55. The van der Waals surface area contributed by atoms with Gasteiger partial charge in [-0.3, -0.25) is 0 Å². The molecule has 1 aliphatic heterocycles. The highest BCUT2D eigenvalue weighted by atomic mass is 79.9. The van der Waals surface area contributed by atoms with E-state index in [9.17, 15) is 0 Å². The minimum atomic E-state index is -0.443. The summed E-state index contributed by atoms with van der Waals surface area (Å²) in [7, 11) is 0. The van der Waals surface area contributed by atoms with E-state index in [0.29, 0.717) is 5.02 Å². The van der Waals surface area contributed by atoms with Crippen LogP contribution in [0.4, 0.5) is 0 Å². The fourth-order valence-electron chi connectivity index (χ4n) is 4.85. The van der Waals surface area contributed by atoms with Crippen LogP contribution < -0.4 is 4.74 Å². The van der Waals surface area contributed by atoms with Crippen LogP contribution in [0.2, 0.25) is 5.02 Å². The van der Waals surface area contributed by atoms with Crippen LogP contribution in [0.5, 0.6) is 11.5 Å². The van der Waals surface area contributed by atoms with Crippen molar-refractivity contribution in [1.29, 1.82) is 0 Å². The summed E-state index contributed by atoms with van der Waals surface area (Å²) in [6, 6.07) is 29.6. The summed E-state index contributed by atoms with van der Waals surface area (Å²) in [5.74, 6) is 1.72. The van der Waals surface area contributed by atoms with Gasteiger partial charge in [0.1, 0.15) is 11.5 Å². The SMILES string of the molecule is Clc1ccc2c(c1)C1(c3ccc(Br)cc3O2)c2ccccc2-c2ccccc21. The first-order chi connectivity index (χ1) is 13.7. The predicted molar refractivity (Wildman–Crippen MR) is 117 cm³/mol. The average molecular weight is 446 g/mol. The van der Waals surface area contributed by atoms with Crippen molar-refractivity contribution in [3.05, 3.63) is 117 Å². The lowest BCUT2D eigenvalue weighted by Gasteiger charge is -2.39. The fraction of sp³-hybridized carbons (Fsp3) is 0.0400. The number of hydrogen-bond donors (Lipinski definition) is 0. The van der Waals surface area contributed by atoms with Crippen LogP contribution in [0.1, 0.15) is 22.3 Å². The molecular formula is C25H14BrClO. The molecule has 0 aromatic heterocycles. The first kappa shape index (κ1) is 16.4. The molecule has 1 spiro atoms. The molecule has 0 amide bonds. The van der Waals surface area contributed by atoms with Gasteiger partial charge in [0.2, 0.25) is 0 Å². The van der Waals surface area contributed by atoms with E-state index in [4.69, 9.17) is 16.3 Å². The van der Waals surface area contributed by atoms with Gasteiger partial charge >= 0.3 is 0 Å². The normalized spacial score (nSPS) is 14.6. The van der Waals surface area contributed by atoms with E-state index in [-0.39, 0.29) is 0 Å². The summed E-state index contributed by atoms with van der Waals surface area (Å²) < 4.78 is 7.34. The van der Waals surface area contributed by atoms with Crippen LogP contribution in [-0.2, 0) is 5.41 Å². The Balaban J connectivity index is 1.85. The van der Waals surface area contributed by atoms with Crippen molar-refractivity contribution in [2.45, 2.75) is 5.41 Å². The molecule has 0 fully saturated rings. The highest BCUT2D eigenvalue weighted by Gasteiger charge is 2.50. The molecule has 6 rings (SSSR count). The Morgan fingerprint density at radius 3 is 2.04 bits per heavy atom. The lowest BCUT2D eigenvalue weighted by Crippen LogP contribution is -2.32. The van der Waals surface area contributed by atoms with Gasteiger partial charge < -0.3 is 4.74 Å². The number of fused-ring (bicyclic) bond motifs is 9. The second kappa shape index (κ2) is 5.73. The highest BCUT2D eigenvalue weighted by Crippen LogP contribution is 2.62. The maximum atomic E-state index is 6.48. The lowest BCUT2D eigenvalue weighted by atomic mass is 9.66. The molecule has 0 radical (unpaired) electrons. The van der Waals surface area contributed by atoms with Gasteiger partial charge in [0.05, 0.1) is 5.41 Å². The maximum Gasteiger partial charge on any atom is 0.133 e. The molecule has 3 heteroatoms. The largest absolute Gasteiger partial charge is 0.457 e. The van der Waals surface area contributed by atoms with E-state index in [1.54, 1.807) is 0 Å². The van der Waals surface area contributed by atoms with Crippen molar-refractivity contribution in [2.24, 2.45) is 0 Å². The van der Waals surface area contributed by atoms with Gasteiger partial charge in [-0.05, 0) is 52.6 Å². The van der Waals surface area contributed by atoms with Gasteiger partial charge in [0.15, 0.2) is 0 Å². The van der Waals surface area contributed by atoms with Crippen molar-refractivity contribution in [3.63, 3.8) is 0 Å². The summed E-state index contributed by atoms with van der Waals surface area (Å²) in [5, 5.41) is 0.712. The molecule has 0 unspecified atom stereocenters. The van der Waals surface area contributed by atoms with Crippen LogP contribution in [0, 0.1) is 0 Å². The quantitative estimate of drug-likeness (QED) is 0.234. The van der Waals surface area contributed by atoms with Gasteiger partial charge in [-0.15, -0.1) is 0 Å². The number of hydrogen-bond acceptors (Lipinski definition) is 1. The molecule has 0 atom stereocenters. The van der Waals surface area contributed by atoms with Gasteiger partial charge in [-0.1, -0.05) is 82.1 Å². The van der Waals surface area contributed by atoms with E-state index in [1.807, 2.05) is 12.1 Å². The van der Waals surface area contributed by atoms with Crippen LogP contribution in [0.15, 0.2) is 89.4 Å². The smallest absolute Gasteiger partial charge is 0.133 e. The number of benzene rings is 4. The predicted octanol–water partition coefficient (Wildman–Crippen LogP) is 7.57. The molecule has 0 N–H and O–H groups in total. The topological polar surface area (TPSA) is 9.23 Å². The first-order valence-electron chi connectivity index (χ1n) is 9.17. The molecule has 28 heavy (non-hydrogen) atoms. The van der Waals surface area contributed by atoms with E-state index in [1.165, 1.54) is 22.3 Å². The molecule has 1 heterocycles. The van der Waals surface area contributed by atoms with Crippen molar-refractivity contribution >= 4 is 27.5 Å². The van der Waals surface area contributed by atoms with Gasteiger partial charge in [-0.2, -0.15) is 0 Å². The minimum Gasteiger partial charge on any atom is -0.457 e. The first-order valence-corrected chi connectivity index (χ1v) is 10.3. The monoisotopic (exact) mass is 444 g/mol. The summed E-state index contributed by atoms with van der Waals surface area (Å²) in [4.78, 5) is 0. The average Bonchev–Trinajstić information content (AvgIpc) is 3.00. The summed E-state index contributed by atoms with van der Waals surface area (Å²) in [5.41, 5.74) is 6.86. The van der Waals surface area contributed by atoms with Crippen LogP contribution in [0.25, 0.3) is 11.1 Å². The molecular weight excluding hydrogens is 432 g/mol. The summed E-state index contributed by atoms with van der Waals surface area (Å²) >= 11 is 10.1. The molecule has 134 valence electrons. The fourth-order valence-corrected chi connectivity index (χ4v) is 5.37. The minimum absolute atomic E-state index is 0.443. The number of rotatable bonds is 0. The van der Waals surface area contributed by atoms with E-state index >= 15 is 0 Å². The zero-order valence-corrected chi connectivity index (χ0v) is 17.1. The molecule has 4 aromatic carbocycles. The molecule has 0 saturated carbocycles. The van der Waals surface area contributed by atoms with E-state index < -0.39 is 5.41 Å². The zero-order chi connectivity index (χ0) is 18.9. The Bertz CT molecular complexity index is 1230. The van der Waals surface area contributed by atoms with Crippen molar-refractivity contribution in [2.75, 3.05) is 0 Å². The van der Waals surface area contributed by atoms with Crippen molar-refractivity contribution in [1.82, 2.24) is 0 Å². The van der Waals surface area contributed by atoms with Gasteiger partial charge in [-0.25, -0.2) is 0 Å². The Kier molecular flexibility index (Phi) is 3.36. The zero-order valence-electron chi connectivity index (χ0n) is 14.7. The molecule has 2 aliphatic rings. The third-order valence-corrected chi connectivity index (χ3v) is 6.59. The van der Waals surface area contributed by atoms with Crippen molar-refractivity contribution in [3.8, 4) is 22.6 Å². The van der Waals surface area contributed by atoms with Crippen LogP contribution >= 0.6 is 27.5 Å². The standard InChI is InChI=1S/C25H14BrClO/c26-15-9-11-21-24(13-15)28-23-12-10-16(27)14-22(23)25(21)19-7-3-1-5-17(19)18-6-2-4-8-20(18)25/h1-14H.